The molecule has 9 heteroatoms. The van der Waals surface area contributed by atoms with Crippen molar-refractivity contribution in [1.82, 2.24) is 19.7 Å². The molecule has 0 aromatic carbocycles. The molecule has 0 radical (unpaired) electrons. The Balaban J connectivity index is 1.72. The van der Waals surface area contributed by atoms with E-state index in [0.717, 1.165) is 13.0 Å². The predicted molar refractivity (Wildman–Crippen MR) is 93.5 cm³/mol. The van der Waals surface area contributed by atoms with Gasteiger partial charge in [-0.1, -0.05) is 0 Å². The van der Waals surface area contributed by atoms with Crippen LogP contribution in [0.1, 0.15) is 37.9 Å². The molecule has 144 valence electrons. The van der Waals surface area contributed by atoms with Crippen LogP contribution in [0.5, 0.6) is 0 Å². The lowest BCUT2D eigenvalue weighted by Gasteiger charge is -2.39. The van der Waals surface area contributed by atoms with Gasteiger partial charge in [-0.15, -0.1) is 0 Å². The summed E-state index contributed by atoms with van der Waals surface area (Å²) in [7, 11) is 0. The summed E-state index contributed by atoms with van der Waals surface area (Å²) in [5, 5.41) is 4.15. The summed E-state index contributed by atoms with van der Waals surface area (Å²) < 4.78 is 35.1. The van der Waals surface area contributed by atoms with Crippen molar-refractivity contribution in [2.45, 2.75) is 51.6 Å². The van der Waals surface area contributed by atoms with E-state index >= 15 is 0 Å². The van der Waals surface area contributed by atoms with Gasteiger partial charge in [0.25, 0.3) is 5.92 Å². The highest BCUT2D eigenvalue weighted by molar-refractivity contribution is 5.70. The fourth-order valence-electron chi connectivity index (χ4n) is 3.50. The van der Waals surface area contributed by atoms with E-state index in [2.05, 4.69) is 15.1 Å². The molecule has 1 saturated heterocycles. The van der Waals surface area contributed by atoms with Crippen molar-refractivity contribution in [3.63, 3.8) is 0 Å². The van der Waals surface area contributed by atoms with Crippen LogP contribution in [0, 0.1) is 0 Å². The van der Waals surface area contributed by atoms with Gasteiger partial charge in [0.2, 0.25) is 5.95 Å². The zero-order valence-electron chi connectivity index (χ0n) is 15.3. The Morgan fingerprint density at radius 3 is 2.89 bits per heavy atom. The molecule has 1 aliphatic heterocycles. The van der Waals surface area contributed by atoms with Gasteiger partial charge < -0.3 is 9.64 Å². The molecule has 1 fully saturated rings. The number of aromatic nitrogens is 4. The Labute approximate surface area is 155 Å². The van der Waals surface area contributed by atoms with Crippen LogP contribution >= 0.6 is 0 Å². The number of anilines is 1. The molecule has 7 nitrogen and oxygen atoms in total. The van der Waals surface area contributed by atoms with Gasteiger partial charge in [-0.3, -0.25) is 9.48 Å². The summed E-state index contributed by atoms with van der Waals surface area (Å²) in [6.45, 7) is 4.77. The first-order valence-electron chi connectivity index (χ1n) is 9.13. The molecule has 2 aromatic heterocycles. The van der Waals surface area contributed by atoms with Crippen molar-refractivity contribution in [2.24, 2.45) is 0 Å². The topological polar surface area (TPSA) is 73.1 Å². The maximum absolute atomic E-state index is 14.4. The molecule has 0 amide bonds. The van der Waals surface area contributed by atoms with E-state index in [4.69, 9.17) is 4.74 Å². The second-order valence-electron chi connectivity index (χ2n) is 6.97. The lowest BCUT2D eigenvalue weighted by Crippen LogP contribution is -2.47. The van der Waals surface area contributed by atoms with Crippen molar-refractivity contribution in [3.05, 3.63) is 23.7 Å². The van der Waals surface area contributed by atoms with E-state index in [1.807, 2.05) is 11.8 Å². The van der Waals surface area contributed by atoms with Crippen molar-refractivity contribution in [3.8, 4) is 11.3 Å². The first-order valence-corrected chi connectivity index (χ1v) is 9.13. The number of carbonyl (C=O) groups is 1. The molecule has 0 N–H and O–H groups in total. The van der Waals surface area contributed by atoms with Crippen LogP contribution in [0.4, 0.5) is 14.7 Å². The second-order valence-corrected chi connectivity index (χ2v) is 6.97. The average Bonchev–Trinajstić information content (AvgIpc) is 3.18. The molecule has 0 spiro atoms. The quantitative estimate of drug-likeness (QED) is 0.746. The Morgan fingerprint density at radius 2 is 2.22 bits per heavy atom. The number of hydrogen-bond donors (Lipinski definition) is 0. The van der Waals surface area contributed by atoms with Crippen LogP contribution in [-0.2, 0) is 28.4 Å². The maximum Gasteiger partial charge on any atom is 0.327 e. The zero-order chi connectivity index (χ0) is 19.2. The summed E-state index contributed by atoms with van der Waals surface area (Å²) >= 11 is 0. The fourth-order valence-corrected chi connectivity index (χ4v) is 3.50. The molecule has 2 aliphatic rings. The number of nitrogens with zero attached hydrogens (tertiary/aromatic N) is 5. The molecule has 27 heavy (non-hydrogen) atoms. The minimum atomic E-state index is -2.95. The summed E-state index contributed by atoms with van der Waals surface area (Å²) in [6, 6.07) is 0.234. The Hall–Kier alpha value is -2.58. The van der Waals surface area contributed by atoms with Crippen LogP contribution < -0.4 is 4.90 Å². The first kappa shape index (κ1) is 17.8. The van der Waals surface area contributed by atoms with Gasteiger partial charge in [-0.25, -0.2) is 9.97 Å². The number of hydrogen-bond acceptors (Lipinski definition) is 6. The van der Waals surface area contributed by atoms with E-state index in [1.54, 1.807) is 19.3 Å². The van der Waals surface area contributed by atoms with E-state index in [1.165, 1.54) is 4.68 Å². The molecular formula is C18H21F2N5O2. The highest BCUT2D eigenvalue weighted by atomic mass is 19.3. The minimum absolute atomic E-state index is 0.0344. The standard InChI is InChI=1S/C18H21F2N5O2/c1-3-27-14(26)10-24-9-12(8-21-24)15-13-4-6-18(19,20)16(13)23-17(22-15)25-7-5-11(25)2/h8-9,11H,3-7,10H2,1-2H3/t11-/m0/s1. The van der Waals surface area contributed by atoms with Crippen molar-refractivity contribution < 1.29 is 18.3 Å². The SMILES string of the molecule is CCOC(=O)Cn1cc(-c2nc(N3CC[C@@H]3C)nc3c2CCC3(F)F)cn1. The predicted octanol–water partition coefficient (Wildman–Crippen LogP) is 2.54. The number of rotatable bonds is 5. The number of ether oxygens (including phenoxy) is 1. The number of halogens is 2. The Morgan fingerprint density at radius 1 is 1.41 bits per heavy atom. The van der Waals surface area contributed by atoms with Gasteiger partial charge in [0.1, 0.15) is 12.2 Å². The largest absolute Gasteiger partial charge is 0.465 e. The maximum atomic E-state index is 14.4. The lowest BCUT2D eigenvalue weighted by atomic mass is 10.1. The monoisotopic (exact) mass is 377 g/mol. The van der Waals surface area contributed by atoms with Crippen molar-refractivity contribution in [2.75, 3.05) is 18.1 Å². The molecule has 2 aromatic rings. The third-order valence-electron chi connectivity index (χ3n) is 5.11. The molecular weight excluding hydrogens is 356 g/mol. The molecule has 0 unspecified atom stereocenters. The van der Waals surface area contributed by atoms with Crippen LogP contribution in [0.3, 0.4) is 0 Å². The molecule has 0 bridgehead atoms. The van der Waals surface area contributed by atoms with E-state index in [9.17, 15) is 13.6 Å². The lowest BCUT2D eigenvalue weighted by molar-refractivity contribution is -0.144. The fraction of sp³-hybridized carbons (Fsp3) is 0.556. The Kier molecular flexibility index (Phi) is 4.32. The number of fused-ring (bicyclic) bond motifs is 1. The molecule has 0 saturated carbocycles. The van der Waals surface area contributed by atoms with Gasteiger partial charge in [0, 0.05) is 36.3 Å². The van der Waals surface area contributed by atoms with Crippen LogP contribution in [0.2, 0.25) is 0 Å². The van der Waals surface area contributed by atoms with Gasteiger partial charge >= 0.3 is 5.97 Å². The second kappa shape index (κ2) is 6.54. The highest BCUT2D eigenvalue weighted by Gasteiger charge is 2.44. The van der Waals surface area contributed by atoms with E-state index < -0.39 is 11.9 Å². The van der Waals surface area contributed by atoms with E-state index in [0.29, 0.717) is 29.4 Å². The Bertz CT molecular complexity index is 883. The molecule has 4 rings (SSSR count). The first-order chi connectivity index (χ1) is 12.9. The van der Waals surface area contributed by atoms with Crippen LogP contribution in [-0.4, -0.2) is 44.9 Å². The van der Waals surface area contributed by atoms with Gasteiger partial charge in [0.15, 0.2) is 0 Å². The normalized spacial score (nSPS) is 20.3. The van der Waals surface area contributed by atoms with Crippen LogP contribution in [0.15, 0.2) is 12.4 Å². The van der Waals surface area contributed by atoms with E-state index in [-0.39, 0.29) is 31.1 Å². The van der Waals surface area contributed by atoms with Gasteiger partial charge in [0.05, 0.1) is 18.5 Å². The summed E-state index contributed by atoms with van der Waals surface area (Å²) in [5.74, 6) is -3.01. The smallest absolute Gasteiger partial charge is 0.327 e. The summed E-state index contributed by atoms with van der Waals surface area (Å²) in [4.78, 5) is 22.4. The molecule has 1 aliphatic carbocycles. The number of carbonyl (C=O) groups excluding carboxylic acids is 1. The minimum Gasteiger partial charge on any atom is -0.465 e. The molecule has 3 heterocycles. The zero-order valence-corrected chi connectivity index (χ0v) is 15.3. The summed E-state index contributed by atoms with van der Waals surface area (Å²) in [5.41, 5.74) is 1.36. The van der Waals surface area contributed by atoms with Crippen molar-refractivity contribution in [1.29, 1.82) is 0 Å². The third-order valence-corrected chi connectivity index (χ3v) is 5.11. The third kappa shape index (κ3) is 3.15. The van der Waals surface area contributed by atoms with Crippen molar-refractivity contribution >= 4 is 11.9 Å². The number of esters is 1. The van der Waals surface area contributed by atoms with Gasteiger partial charge in [-0.05, 0) is 26.7 Å². The summed E-state index contributed by atoms with van der Waals surface area (Å²) in [6.07, 6.45) is 4.13. The average molecular weight is 377 g/mol. The van der Waals surface area contributed by atoms with Gasteiger partial charge in [-0.2, -0.15) is 13.9 Å². The molecule has 1 atom stereocenters. The number of alkyl halides is 2. The highest BCUT2D eigenvalue weighted by Crippen LogP contribution is 2.44. The van der Waals surface area contributed by atoms with Crippen LogP contribution in [0.25, 0.3) is 11.3 Å².